The molecule has 0 aromatic carbocycles. The molecule has 0 bridgehead atoms. The minimum absolute atomic E-state index is 0.146. The first-order valence-corrected chi connectivity index (χ1v) is 7.94. The molecule has 3 N–H and O–H groups in total. The smallest absolute Gasteiger partial charge is 0.0827 e. The molecule has 2 saturated carbocycles. The Labute approximate surface area is 117 Å². The number of hydrogen-bond donors (Lipinski definition) is 3. The molecule has 2 rings (SSSR count). The summed E-state index contributed by atoms with van der Waals surface area (Å²) in [6.07, 6.45) is 3.89. The highest BCUT2D eigenvalue weighted by Crippen LogP contribution is 2.41. The van der Waals surface area contributed by atoms with E-state index < -0.39 is 12.2 Å². The molecule has 0 aromatic rings. The van der Waals surface area contributed by atoms with Crippen LogP contribution in [0.25, 0.3) is 0 Å². The fraction of sp³-hybridized carbons (Fsp3) is 1.00. The number of aliphatic hydroxyl groups is 3. The van der Waals surface area contributed by atoms with Gasteiger partial charge in [-0.3, -0.25) is 0 Å². The first kappa shape index (κ1) is 15.3. The Balaban J connectivity index is 1.91. The molecule has 6 atom stereocenters. The van der Waals surface area contributed by atoms with Crippen molar-refractivity contribution in [3.05, 3.63) is 0 Å². The summed E-state index contributed by atoms with van der Waals surface area (Å²) in [6.45, 7) is 6.37. The fourth-order valence-corrected chi connectivity index (χ4v) is 4.39. The summed E-state index contributed by atoms with van der Waals surface area (Å²) < 4.78 is 0. The van der Waals surface area contributed by atoms with Crippen molar-refractivity contribution in [2.45, 2.75) is 71.2 Å². The van der Waals surface area contributed by atoms with E-state index in [1.54, 1.807) is 0 Å². The lowest BCUT2D eigenvalue weighted by Crippen LogP contribution is -2.42. The lowest BCUT2D eigenvalue weighted by molar-refractivity contribution is -0.0697. The van der Waals surface area contributed by atoms with Gasteiger partial charge in [0.05, 0.1) is 18.3 Å². The first-order chi connectivity index (χ1) is 8.90. The summed E-state index contributed by atoms with van der Waals surface area (Å²) in [6, 6.07) is 0. The summed E-state index contributed by atoms with van der Waals surface area (Å²) in [5.74, 6) is 2.17. The zero-order chi connectivity index (χ0) is 14.2. The number of hydrogen-bond acceptors (Lipinski definition) is 3. The highest BCUT2D eigenvalue weighted by atomic mass is 16.3. The molecule has 0 amide bonds. The molecular formula is C16H30O3. The standard InChI is InChI=1S/C16H30O3/c1-9-6-12(7-10(2)15(9)18)8-13-4-5-14(17)16(19)11(13)3/h9-19H,4-8H2,1-3H3. The van der Waals surface area contributed by atoms with Crippen LogP contribution in [-0.4, -0.2) is 33.6 Å². The predicted molar refractivity (Wildman–Crippen MR) is 75.6 cm³/mol. The van der Waals surface area contributed by atoms with Crippen molar-refractivity contribution in [1.82, 2.24) is 0 Å². The molecule has 0 aliphatic heterocycles. The third kappa shape index (κ3) is 3.32. The Morgan fingerprint density at radius 3 is 2.00 bits per heavy atom. The number of rotatable bonds is 2. The van der Waals surface area contributed by atoms with Crippen LogP contribution >= 0.6 is 0 Å². The second kappa shape index (κ2) is 6.11. The van der Waals surface area contributed by atoms with Gasteiger partial charge in [-0.15, -0.1) is 0 Å². The van der Waals surface area contributed by atoms with E-state index in [4.69, 9.17) is 0 Å². The van der Waals surface area contributed by atoms with Gasteiger partial charge in [0.1, 0.15) is 0 Å². The molecule has 0 aromatic heterocycles. The third-order valence-corrected chi connectivity index (χ3v) is 5.72. The zero-order valence-corrected chi connectivity index (χ0v) is 12.5. The van der Waals surface area contributed by atoms with Gasteiger partial charge in [0.2, 0.25) is 0 Å². The molecule has 0 saturated heterocycles. The van der Waals surface area contributed by atoms with E-state index in [2.05, 4.69) is 20.8 Å². The van der Waals surface area contributed by atoms with Crippen LogP contribution in [0.4, 0.5) is 0 Å². The van der Waals surface area contributed by atoms with Crippen molar-refractivity contribution in [1.29, 1.82) is 0 Å². The Morgan fingerprint density at radius 2 is 1.42 bits per heavy atom. The van der Waals surface area contributed by atoms with Gasteiger partial charge >= 0.3 is 0 Å². The van der Waals surface area contributed by atoms with Crippen LogP contribution in [0.5, 0.6) is 0 Å². The van der Waals surface area contributed by atoms with Crippen molar-refractivity contribution in [2.75, 3.05) is 0 Å². The van der Waals surface area contributed by atoms with Crippen LogP contribution in [0.3, 0.4) is 0 Å². The van der Waals surface area contributed by atoms with Crippen LogP contribution < -0.4 is 0 Å². The fourth-order valence-electron chi connectivity index (χ4n) is 4.39. The molecule has 0 heterocycles. The maximum Gasteiger partial charge on any atom is 0.0827 e. The highest BCUT2D eigenvalue weighted by molar-refractivity contribution is 4.89. The number of aliphatic hydroxyl groups excluding tert-OH is 3. The van der Waals surface area contributed by atoms with Gasteiger partial charge in [-0.05, 0) is 61.7 Å². The molecule has 2 aliphatic rings. The lowest BCUT2D eigenvalue weighted by atomic mass is 9.67. The second-order valence-electron chi connectivity index (χ2n) is 7.27. The largest absolute Gasteiger partial charge is 0.393 e. The lowest BCUT2D eigenvalue weighted by Gasteiger charge is -2.41. The Hall–Kier alpha value is -0.120. The van der Waals surface area contributed by atoms with Crippen LogP contribution in [0.15, 0.2) is 0 Å². The van der Waals surface area contributed by atoms with Crippen LogP contribution in [0, 0.1) is 29.6 Å². The highest BCUT2D eigenvalue weighted by Gasteiger charge is 2.38. The monoisotopic (exact) mass is 270 g/mol. The predicted octanol–water partition coefficient (Wildman–Crippen LogP) is 2.19. The van der Waals surface area contributed by atoms with Crippen molar-refractivity contribution >= 4 is 0 Å². The van der Waals surface area contributed by atoms with E-state index in [-0.39, 0.29) is 12.0 Å². The van der Waals surface area contributed by atoms with Gasteiger partial charge in [0.25, 0.3) is 0 Å². The third-order valence-electron chi connectivity index (χ3n) is 5.72. The maximum atomic E-state index is 10.0. The second-order valence-corrected chi connectivity index (χ2v) is 7.27. The minimum atomic E-state index is -0.553. The summed E-state index contributed by atoms with van der Waals surface area (Å²) in [7, 11) is 0. The van der Waals surface area contributed by atoms with Crippen molar-refractivity contribution < 1.29 is 15.3 Å². The molecule has 6 unspecified atom stereocenters. The average molecular weight is 270 g/mol. The van der Waals surface area contributed by atoms with Gasteiger partial charge in [0, 0.05) is 0 Å². The quantitative estimate of drug-likeness (QED) is 0.721. The van der Waals surface area contributed by atoms with E-state index in [0.717, 1.165) is 32.1 Å². The molecular weight excluding hydrogens is 240 g/mol. The Kier molecular flexibility index (Phi) is 4.91. The van der Waals surface area contributed by atoms with E-state index in [0.29, 0.717) is 23.7 Å². The van der Waals surface area contributed by atoms with Crippen LogP contribution in [-0.2, 0) is 0 Å². The van der Waals surface area contributed by atoms with Crippen molar-refractivity contribution in [3.63, 3.8) is 0 Å². The first-order valence-electron chi connectivity index (χ1n) is 7.94. The minimum Gasteiger partial charge on any atom is -0.393 e. The average Bonchev–Trinajstić information content (AvgIpc) is 2.36. The van der Waals surface area contributed by atoms with E-state index in [9.17, 15) is 15.3 Å². The van der Waals surface area contributed by atoms with Crippen molar-refractivity contribution in [3.8, 4) is 0 Å². The normalized spacial score (nSPS) is 52.1. The molecule has 2 fully saturated rings. The van der Waals surface area contributed by atoms with Crippen LogP contribution in [0.2, 0.25) is 0 Å². The van der Waals surface area contributed by atoms with Crippen molar-refractivity contribution in [2.24, 2.45) is 29.6 Å². The molecule has 0 spiro atoms. The molecule has 3 heteroatoms. The topological polar surface area (TPSA) is 60.7 Å². The van der Waals surface area contributed by atoms with Crippen LogP contribution in [0.1, 0.15) is 52.9 Å². The Bertz CT molecular complexity index is 282. The van der Waals surface area contributed by atoms with Gasteiger partial charge in [-0.1, -0.05) is 20.8 Å². The van der Waals surface area contributed by atoms with E-state index in [1.165, 1.54) is 0 Å². The molecule has 2 aliphatic carbocycles. The SMILES string of the molecule is CC1CC(CC2CCC(O)C(O)C2C)CC(C)C1O. The molecule has 19 heavy (non-hydrogen) atoms. The summed E-state index contributed by atoms with van der Waals surface area (Å²) >= 11 is 0. The van der Waals surface area contributed by atoms with Gasteiger partial charge < -0.3 is 15.3 Å². The maximum absolute atomic E-state index is 10.0. The summed E-state index contributed by atoms with van der Waals surface area (Å²) in [5, 5.41) is 29.7. The summed E-state index contributed by atoms with van der Waals surface area (Å²) in [5.41, 5.74) is 0. The zero-order valence-electron chi connectivity index (χ0n) is 12.5. The molecule has 3 nitrogen and oxygen atoms in total. The van der Waals surface area contributed by atoms with E-state index >= 15 is 0 Å². The Morgan fingerprint density at radius 1 is 0.842 bits per heavy atom. The molecule has 0 radical (unpaired) electrons. The van der Waals surface area contributed by atoms with Gasteiger partial charge in [-0.25, -0.2) is 0 Å². The molecule has 112 valence electrons. The summed E-state index contributed by atoms with van der Waals surface area (Å²) in [4.78, 5) is 0. The van der Waals surface area contributed by atoms with Gasteiger partial charge in [-0.2, -0.15) is 0 Å². The van der Waals surface area contributed by atoms with E-state index in [1.807, 2.05) is 0 Å². The van der Waals surface area contributed by atoms with Gasteiger partial charge in [0.15, 0.2) is 0 Å².